The van der Waals surface area contributed by atoms with Crippen LogP contribution in [-0.2, 0) is 11.2 Å². The standard InChI is InChI=1S/C27H29F4N3O3S/c1-37-17-4-5-24-20(13-17)19(23(30)16-32-24)3-2-6-27(26(35)33-36)7-9-34(10-8-27)11-12-38-18-14-21(28)25(31)22(29)15-18/h4-5,13-16,36H,2-3,6-12H2,1H3,(H,33,35). The third kappa shape index (κ3) is 6.22. The summed E-state index contributed by atoms with van der Waals surface area (Å²) < 4.78 is 60.0. The van der Waals surface area contributed by atoms with Crippen LogP contribution in [-0.4, -0.2) is 53.5 Å². The lowest BCUT2D eigenvalue weighted by Crippen LogP contribution is -2.48. The second kappa shape index (κ2) is 12.3. The summed E-state index contributed by atoms with van der Waals surface area (Å²) >= 11 is 1.22. The number of nitrogens with one attached hydrogen (secondary N) is 1. The largest absolute Gasteiger partial charge is 0.497 e. The van der Waals surface area contributed by atoms with E-state index in [1.165, 1.54) is 25.1 Å². The van der Waals surface area contributed by atoms with Gasteiger partial charge in [0.05, 0.1) is 24.2 Å². The van der Waals surface area contributed by atoms with Crippen LogP contribution in [0.15, 0.2) is 41.4 Å². The van der Waals surface area contributed by atoms with Crippen molar-refractivity contribution in [3.8, 4) is 5.75 Å². The molecule has 2 heterocycles. The number of carbonyl (C=O) groups excluding carboxylic acids is 1. The zero-order valence-corrected chi connectivity index (χ0v) is 21.7. The van der Waals surface area contributed by atoms with Crippen molar-refractivity contribution in [2.75, 3.05) is 32.5 Å². The molecule has 0 radical (unpaired) electrons. The minimum absolute atomic E-state index is 0.306. The SMILES string of the molecule is COc1ccc2ncc(F)c(CCCC3(C(=O)NO)CCN(CCSc4cc(F)c(F)c(F)c4)CC3)c2c1. The molecule has 1 aromatic heterocycles. The highest BCUT2D eigenvalue weighted by molar-refractivity contribution is 7.99. The summed E-state index contributed by atoms with van der Waals surface area (Å²) in [7, 11) is 1.54. The molecule has 2 N–H and O–H groups in total. The Morgan fingerprint density at radius 2 is 1.84 bits per heavy atom. The zero-order valence-electron chi connectivity index (χ0n) is 20.9. The smallest absolute Gasteiger partial charge is 0.249 e. The molecule has 1 fully saturated rings. The maximum Gasteiger partial charge on any atom is 0.249 e. The van der Waals surface area contributed by atoms with Crippen molar-refractivity contribution in [1.82, 2.24) is 15.4 Å². The first-order valence-corrected chi connectivity index (χ1v) is 13.3. The number of amides is 1. The average molecular weight is 552 g/mol. The molecule has 6 nitrogen and oxygen atoms in total. The van der Waals surface area contributed by atoms with Crippen LogP contribution >= 0.6 is 11.8 Å². The van der Waals surface area contributed by atoms with Crippen molar-refractivity contribution in [3.05, 3.63) is 65.4 Å². The maximum atomic E-state index is 14.7. The Kier molecular flexibility index (Phi) is 9.11. The lowest BCUT2D eigenvalue weighted by Gasteiger charge is -2.40. The molecule has 2 aromatic carbocycles. The highest BCUT2D eigenvalue weighted by Gasteiger charge is 2.40. The number of hydroxylamine groups is 1. The van der Waals surface area contributed by atoms with Crippen LogP contribution < -0.4 is 10.2 Å². The second-order valence-electron chi connectivity index (χ2n) is 9.43. The molecule has 0 unspecified atom stereocenters. The molecule has 11 heteroatoms. The lowest BCUT2D eigenvalue weighted by atomic mass is 9.73. The van der Waals surface area contributed by atoms with E-state index in [2.05, 4.69) is 9.88 Å². The minimum atomic E-state index is -1.48. The van der Waals surface area contributed by atoms with E-state index in [4.69, 9.17) is 4.74 Å². The number of likely N-dealkylation sites (tertiary alicyclic amines) is 1. The molecule has 0 bridgehead atoms. The molecule has 4 rings (SSSR count). The summed E-state index contributed by atoms with van der Waals surface area (Å²) in [5.74, 6) is -3.66. The number of aryl methyl sites for hydroxylation is 1. The summed E-state index contributed by atoms with van der Waals surface area (Å²) in [6.45, 7) is 1.78. The Morgan fingerprint density at radius 3 is 2.50 bits per heavy atom. The van der Waals surface area contributed by atoms with E-state index < -0.39 is 34.6 Å². The maximum absolute atomic E-state index is 14.7. The number of piperidine rings is 1. The molecule has 38 heavy (non-hydrogen) atoms. The van der Waals surface area contributed by atoms with E-state index in [1.54, 1.807) is 18.2 Å². The Balaban J connectivity index is 1.35. The number of fused-ring (bicyclic) bond motifs is 1. The Labute approximate surface area is 222 Å². The molecule has 0 atom stereocenters. The molecule has 3 aromatic rings. The lowest BCUT2D eigenvalue weighted by molar-refractivity contribution is -0.143. The van der Waals surface area contributed by atoms with Crippen LogP contribution in [0.25, 0.3) is 10.9 Å². The molecular weight excluding hydrogens is 522 g/mol. The number of hydrogen-bond donors (Lipinski definition) is 2. The van der Waals surface area contributed by atoms with Gasteiger partial charge in [-0.15, -0.1) is 11.8 Å². The fraction of sp³-hybridized carbons (Fsp3) is 0.407. The van der Waals surface area contributed by atoms with Crippen molar-refractivity contribution >= 4 is 28.6 Å². The molecule has 1 saturated heterocycles. The van der Waals surface area contributed by atoms with E-state index >= 15 is 0 Å². The van der Waals surface area contributed by atoms with Crippen LogP contribution in [0.1, 0.15) is 31.2 Å². The third-order valence-electron chi connectivity index (χ3n) is 7.25. The van der Waals surface area contributed by atoms with E-state index in [0.717, 1.165) is 12.1 Å². The number of thioether (sulfide) groups is 1. The third-order valence-corrected chi connectivity index (χ3v) is 8.20. The van der Waals surface area contributed by atoms with E-state index in [0.29, 0.717) is 84.6 Å². The first-order valence-electron chi connectivity index (χ1n) is 12.3. The quantitative estimate of drug-likeness (QED) is 0.114. The average Bonchev–Trinajstić information content (AvgIpc) is 2.93. The summed E-state index contributed by atoms with van der Waals surface area (Å²) in [6, 6.07) is 7.23. The summed E-state index contributed by atoms with van der Waals surface area (Å²) in [5.41, 5.74) is 2.18. The van der Waals surface area contributed by atoms with Gasteiger partial charge in [0.15, 0.2) is 17.5 Å². The topological polar surface area (TPSA) is 74.7 Å². The Hall–Kier alpha value is -2.89. The molecule has 0 aliphatic carbocycles. The van der Waals surface area contributed by atoms with Gasteiger partial charge in [0, 0.05) is 22.6 Å². The van der Waals surface area contributed by atoms with Gasteiger partial charge in [0.25, 0.3) is 0 Å². The Morgan fingerprint density at radius 1 is 1.13 bits per heavy atom. The van der Waals surface area contributed by atoms with Gasteiger partial charge in [-0.05, 0) is 81.1 Å². The first kappa shape index (κ1) is 28.1. The van der Waals surface area contributed by atoms with Gasteiger partial charge >= 0.3 is 0 Å². The van der Waals surface area contributed by atoms with Crippen molar-refractivity contribution < 1.29 is 32.3 Å². The van der Waals surface area contributed by atoms with Crippen molar-refractivity contribution in [2.45, 2.75) is 37.0 Å². The number of ether oxygens (including phenoxy) is 1. The van der Waals surface area contributed by atoms with Crippen LogP contribution in [0.4, 0.5) is 17.6 Å². The zero-order chi connectivity index (χ0) is 27.3. The molecule has 204 valence electrons. The molecule has 0 saturated carbocycles. The number of nitrogens with zero attached hydrogens (tertiary/aromatic N) is 2. The highest BCUT2D eigenvalue weighted by atomic mass is 32.2. The predicted octanol–water partition coefficient (Wildman–Crippen LogP) is 5.50. The van der Waals surface area contributed by atoms with Crippen LogP contribution in [0, 0.1) is 28.7 Å². The van der Waals surface area contributed by atoms with E-state index in [9.17, 15) is 27.6 Å². The molecule has 1 aliphatic heterocycles. The Bertz CT molecular complexity index is 1280. The van der Waals surface area contributed by atoms with Gasteiger partial charge in [-0.25, -0.2) is 23.0 Å². The van der Waals surface area contributed by atoms with Crippen molar-refractivity contribution in [3.63, 3.8) is 0 Å². The van der Waals surface area contributed by atoms with E-state index in [1.807, 2.05) is 5.48 Å². The van der Waals surface area contributed by atoms with Gasteiger partial charge < -0.3 is 9.64 Å². The fourth-order valence-electron chi connectivity index (χ4n) is 5.01. The van der Waals surface area contributed by atoms with Crippen LogP contribution in [0.2, 0.25) is 0 Å². The van der Waals surface area contributed by atoms with Gasteiger partial charge in [0.2, 0.25) is 5.91 Å². The van der Waals surface area contributed by atoms with Gasteiger partial charge in [-0.3, -0.25) is 15.0 Å². The number of hydrogen-bond acceptors (Lipinski definition) is 6. The van der Waals surface area contributed by atoms with Crippen molar-refractivity contribution in [1.29, 1.82) is 0 Å². The number of rotatable bonds is 10. The molecule has 0 spiro atoms. The first-order chi connectivity index (χ1) is 18.3. The fourth-order valence-corrected chi connectivity index (χ4v) is 5.97. The summed E-state index contributed by atoms with van der Waals surface area (Å²) in [4.78, 5) is 19.3. The van der Waals surface area contributed by atoms with Gasteiger partial charge in [-0.2, -0.15) is 0 Å². The van der Waals surface area contributed by atoms with Gasteiger partial charge in [0.1, 0.15) is 11.6 Å². The monoisotopic (exact) mass is 551 g/mol. The highest BCUT2D eigenvalue weighted by Crippen LogP contribution is 2.38. The second-order valence-corrected chi connectivity index (χ2v) is 10.6. The molecule has 1 amide bonds. The van der Waals surface area contributed by atoms with Crippen LogP contribution in [0.3, 0.4) is 0 Å². The predicted molar refractivity (Wildman–Crippen MR) is 136 cm³/mol. The minimum Gasteiger partial charge on any atom is -0.497 e. The molecular formula is C27H29F4N3O3S. The van der Waals surface area contributed by atoms with Crippen LogP contribution in [0.5, 0.6) is 5.75 Å². The number of methoxy groups -OCH3 is 1. The normalized spacial score (nSPS) is 15.5. The number of halogens is 4. The molecule has 1 aliphatic rings. The number of aromatic nitrogens is 1. The number of benzene rings is 2. The summed E-state index contributed by atoms with van der Waals surface area (Å²) in [5, 5.41) is 10.1. The number of pyridine rings is 1. The van der Waals surface area contributed by atoms with Crippen molar-refractivity contribution in [2.24, 2.45) is 5.41 Å². The number of carbonyl (C=O) groups is 1. The summed E-state index contributed by atoms with van der Waals surface area (Å²) in [6.07, 6.45) is 3.57. The van der Waals surface area contributed by atoms with E-state index in [-0.39, 0.29) is 0 Å². The van der Waals surface area contributed by atoms with Gasteiger partial charge in [-0.1, -0.05) is 0 Å².